The van der Waals surface area contributed by atoms with Crippen LogP contribution < -0.4 is 10.2 Å². The average molecular weight is 443 g/mol. The Balaban J connectivity index is 1.73. The van der Waals surface area contributed by atoms with Gasteiger partial charge in [-0.2, -0.15) is 0 Å². The number of amidine groups is 1. The zero-order valence-electron chi connectivity index (χ0n) is 14.6. The van der Waals surface area contributed by atoms with Crippen LogP contribution in [0.4, 0.5) is 11.4 Å². The van der Waals surface area contributed by atoms with Crippen molar-refractivity contribution >= 4 is 61.8 Å². The molecule has 8 heteroatoms. The number of anilines is 2. The number of carbonyl (C=O) groups excluding carboxylic acids is 2. The molecule has 1 fully saturated rings. The lowest BCUT2D eigenvalue weighted by molar-refractivity contribution is -0.115. The summed E-state index contributed by atoms with van der Waals surface area (Å²) in [6, 6.07) is 11.4. The number of nitrogens with one attached hydrogen (secondary N) is 1. The Morgan fingerprint density at radius 1 is 1.11 bits per heavy atom. The number of fused-ring (bicyclic) bond motifs is 1. The minimum Gasteiger partial charge on any atom is -0.320 e. The van der Waals surface area contributed by atoms with Crippen molar-refractivity contribution in [2.45, 2.75) is 13.8 Å². The molecule has 2 aliphatic rings. The van der Waals surface area contributed by atoms with E-state index < -0.39 is 0 Å². The highest BCUT2D eigenvalue weighted by Crippen LogP contribution is 2.31. The van der Waals surface area contributed by atoms with Gasteiger partial charge in [0.25, 0.3) is 5.91 Å². The molecular formula is C19H15BrN4O2S. The summed E-state index contributed by atoms with van der Waals surface area (Å²) in [6.45, 7) is 3.97. The SMILES string of the molecule is Cc1ccc(N2C(=O)CSC2=NN=C2C(=O)Nc3ccc(Br)cc32)c(C)c1. The molecule has 2 amide bonds. The number of aryl methyl sites for hydroxylation is 2. The van der Waals surface area contributed by atoms with Crippen molar-refractivity contribution in [1.82, 2.24) is 0 Å². The van der Waals surface area contributed by atoms with Crippen LogP contribution >= 0.6 is 27.7 Å². The van der Waals surface area contributed by atoms with Crippen LogP contribution in [0.15, 0.2) is 51.1 Å². The van der Waals surface area contributed by atoms with Crippen LogP contribution in [-0.2, 0) is 9.59 Å². The molecule has 0 atom stereocenters. The molecule has 1 N–H and O–H groups in total. The van der Waals surface area contributed by atoms with Gasteiger partial charge in [0.1, 0.15) is 0 Å². The summed E-state index contributed by atoms with van der Waals surface area (Å²) in [7, 11) is 0. The van der Waals surface area contributed by atoms with Crippen LogP contribution in [0.1, 0.15) is 16.7 Å². The first-order valence-corrected chi connectivity index (χ1v) is 10.0. The normalized spacial score (nSPS) is 19.1. The van der Waals surface area contributed by atoms with Crippen molar-refractivity contribution in [1.29, 1.82) is 0 Å². The van der Waals surface area contributed by atoms with Gasteiger partial charge in [0, 0.05) is 10.0 Å². The number of nitrogens with zero attached hydrogens (tertiary/aromatic N) is 3. The van der Waals surface area contributed by atoms with Gasteiger partial charge in [0.2, 0.25) is 5.91 Å². The lowest BCUT2D eigenvalue weighted by Crippen LogP contribution is -2.29. The summed E-state index contributed by atoms with van der Waals surface area (Å²) in [4.78, 5) is 26.2. The van der Waals surface area contributed by atoms with Crippen LogP contribution in [-0.4, -0.2) is 28.4 Å². The fraction of sp³-hybridized carbons (Fsp3) is 0.158. The van der Waals surface area contributed by atoms with Gasteiger partial charge in [-0.05, 0) is 43.7 Å². The summed E-state index contributed by atoms with van der Waals surface area (Å²) in [5.74, 6) is -0.0597. The molecule has 0 unspecified atom stereocenters. The maximum atomic E-state index is 12.4. The lowest BCUT2D eigenvalue weighted by atomic mass is 10.1. The maximum Gasteiger partial charge on any atom is 0.276 e. The lowest BCUT2D eigenvalue weighted by Gasteiger charge is -2.18. The summed E-state index contributed by atoms with van der Waals surface area (Å²) in [6.07, 6.45) is 0. The summed E-state index contributed by atoms with van der Waals surface area (Å²) in [5, 5.41) is 11.7. The molecule has 0 bridgehead atoms. The smallest absolute Gasteiger partial charge is 0.276 e. The highest BCUT2D eigenvalue weighted by Gasteiger charge is 2.32. The Bertz CT molecular complexity index is 1050. The molecule has 4 rings (SSSR count). The summed E-state index contributed by atoms with van der Waals surface area (Å²) >= 11 is 4.72. The highest BCUT2D eigenvalue weighted by atomic mass is 79.9. The van der Waals surface area contributed by atoms with Gasteiger partial charge in [0.05, 0.1) is 17.1 Å². The van der Waals surface area contributed by atoms with Gasteiger partial charge in [-0.15, -0.1) is 10.2 Å². The van der Waals surface area contributed by atoms with Crippen LogP contribution in [0.2, 0.25) is 0 Å². The monoisotopic (exact) mass is 442 g/mol. The van der Waals surface area contributed by atoms with E-state index in [1.54, 1.807) is 4.90 Å². The minimum absolute atomic E-state index is 0.0510. The third-order valence-electron chi connectivity index (χ3n) is 4.29. The number of amides is 2. The third kappa shape index (κ3) is 3.30. The van der Waals surface area contributed by atoms with Gasteiger partial charge in [0.15, 0.2) is 10.9 Å². The number of hydrogen-bond donors (Lipinski definition) is 1. The molecule has 0 saturated carbocycles. The second kappa shape index (κ2) is 6.94. The first kappa shape index (κ1) is 17.9. The van der Waals surface area contributed by atoms with Crippen molar-refractivity contribution in [3.63, 3.8) is 0 Å². The van der Waals surface area contributed by atoms with E-state index in [9.17, 15) is 9.59 Å². The fourth-order valence-corrected chi connectivity index (χ4v) is 4.22. The van der Waals surface area contributed by atoms with E-state index in [2.05, 4.69) is 31.4 Å². The second-order valence-corrected chi connectivity index (χ2v) is 8.14. The Hall–Kier alpha value is -2.45. The Kier molecular flexibility index (Phi) is 4.61. The van der Waals surface area contributed by atoms with E-state index in [4.69, 9.17) is 0 Å². The van der Waals surface area contributed by atoms with Crippen molar-refractivity contribution in [2.75, 3.05) is 16.0 Å². The first-order chi connectivity index (χ1) is 12.9. The van der Waals surface area contributed by atoms with Crippen molar-refractivity contribution in [2.24, 2.45) is 10.2 Å². The molecule has 136 valence electrons. The van der Waals surface area contributed by atoms with Gasteiger partial charge >= 0.3 is 0 Å². The topological polar surface area (TPSA) is 74.1 Å². The van der Waals surface area contributed by atoms with Crippen molar-refractivity contribution < 1.29 is 9.59 Å². The standard InChI is InChI=1S/C19H15BrN4O2S/c1-10-3-6-15(11(2)7-10)24-16(25)9-27-19(24)23-22-17-13-8-12(20)4-5-14(13)21-18(17)26/h3-8H,9H2,1-2H3,(H,21,22,26). The average Bonchev–Trinajstić information content (AvgIpc) is 3.12. The molecule has 2 aromatic rings. The molecule has 6 nitrogen and oxygen atoms in total. The van der Waals surface area contributed by atoms with E-state index in [1.807, 2.05) is 50.2 Å². The number of thioether (sulfide) groups is 1. The molecule has 2 heterocycles. The molecule has 1 saturated heterocycles. The van der Waals surface area contributed by atoms with Crippen LogP contribution in [0.25, 0.3) is 0 Å². The Morgan fingerprint density at radius 2 is 1.93 bits per heavy atom. The second-order valence-electron chi connectivity index (χ2n) is 6.28. The quantitative estimate of drug-likeness (QED) is 0.717. The third-order valence-corrected chi connectivity index (χ3v) is 5.70. The molecule has 2 aromatic carbocycles. The zero-order chi connectivity index (χ0) is 19.1. The van der Waals surface area contributed by atoms with E-state index in [-0.39, 0.29) is 17.5 Å². The number of carbonyl (C=O) groups is 2. The van der Waals surface area contributed by atoms with Crippen LogP contribution in [0, 0.1) is 13.8 Å². The van der Waals surface area contributed by atoms with Crippen LogP contribution in [0.5, 0.6) is 0 Å². The van der Waals surface area contributed by atoms with Gasteiger partial charge in [-0.3, -0.25) is 14.5 Å². The predicted molar refractivity (Wildman–Crippen MR) is 113 cm³/mol. The number of rotatable bonds is 2. The minimum atomic E-state index is -0.306. The molecule has 0 aliphatic carbocycles. The number of benzene rings is 2. The van der Waals surface area contributed by atoms with Gasteiger partial charge in [-0.25, -0.2) is 0 Å². The number of halogens is 1. The molecule has 2 aliphatic heterocycles. The largest absolute Gasteiger partial charge is 0.320 e. The van der Waals surface area contributed by atoms with Crippen LogP contribution in [0.3, 0.4) is 0 Å². The van der Waals surface area contributed by atoms with Gasteiger partial charge in [-0.1, -0.05) is 45.4 Å². The van der Waals surface area contributed by atoms with Gasteiger partial charge < -0.3 is 5.32 Å². The van der Waals surface area contributed by atoms with E-state index in [0.717, 1.165) is 21.3 Å². The predicted octanol–water partition coefficient (Wildman–Crippen LogP) is 3.86. The molecule has 27 heavy (non-hydrogen) atoms. The maximum absolute atomic E-state index is 12.4. The van der Waals surface area contributed by atoms with E-state index >= 15 is 0 Å². The summed E-state index contributed by atoms with van der Waals surface area (Å²) in [5.41, 5.74) is 4.51. The van der Waals surface area contributed by atoms with Crippen molar-refractivity contribution in [3.8, 4) is 0 Å². The summed E-state index contributed by atoms with van der Waals surface area (Å²) < 4.78 is 0.848. The first-order valence-electron chi connectivity index (χ1n) is 8.24. The van der Waals surface area contributed by atoms with E-state index in [1.165, 1.54) is 11.8 Å². The molecule has 0 spiro atoms. The molecule has 0 aromatic heterocycles. The van der Waals surface area contributed by atoms with Crippen molar-refractivity contribution in [3.05, 3.63) is 57.6 Å². The highest BCUT2D eigenvalue weighted by molar-refractivity contribution is 9.10. The Morgan fingerprint density at radius 3 is 2.70 bits per heavy atom. The molecule has 0 radical (unpaired) electrons. The number of hydrogen-bond acceptors (Lipinski definition) is 5. The fourth-order valence-electron chi connectivity index (χ4n) is 3.05. The molecular weight excluding hydrogens is 428 g/mol. The van der Waals surface area contributed by atoms with E-state index in [0.29, 0.717) is 22.2 Å². The Labute approximate surface area is 168 Å². The zero-order valence-corrected chi connectivity index (χ0v) is 17.0.